The van der Waals surface area contributed by atoms with Crippen molar-refractivity contribution in [3.63, 3.8) is 0 Å². The molecule has 1 spiro atoms. The van der Waals surface area contributed by atoms with Gasteiger partial charge in [-0.3, -0.25) is 10.1 Å². The smallest absolute Gasteiger partial charge is 0.321 e. The van der Waals surface area contributed by atoms with E-state index in [4.69, 9.17) is 5.11 Å². The molecule has 2 aliphatic rings. The summed E-state index contributed by atoms with van der Waals surface area (Å²) in [4.78, 5) is 10.2. The van der Waals surface area contributed by atoms with Crippen LogP contribution in [-0.2, 0) is 14.6 Å². The Balaban J connectivity index is 2.12. The van der Waals surface area contributed by atoms with E-state index in [2.05, 4.69) is 5.32 Å². The third kappa shape index (κ3) is 1.76. The number of carboxylic acid groups (broad SMARTS) is 1. The van der Waals surface area contributed by atoms with E-state index >= 15 is 0 Å². The van der Waals surface area contributed by atoms with Crippen LogP contribution in [0.15, 0.2) is 0 Å². The first kappa shape index (κ1) is 10.3. The van der Waals surface area contributed by atoms with Gasteiger partial charge >= 0.3 is 5.97 Å². The van der Waals surface area contributed by atoms with Crippen molar-refractivity contribution in [1.82, 2.24) is 5.32 Å². The Morgan fingerprint density at radius 3 is 2.71 bits per heavy atom. The average Bonchev–Trinajstić information content (AvgIpc) is 2.58. The summed E-state index contributed by atoms with van der Waals surface area (Å²) in [6.45, 7) is 0. The molecule has 2 N–H and O–H groups in total. The van der Waals surface area contributed by atoms with Crippen molar-refractivity contribution in [3.05, 3.63) is 0 Å². The van der Waals surface area contributed by atoms with Crippen molar-refractivity contribution in [1.29, 1.82) is 0 Å². The first-order valence-corrected chi connectivity index (χ1v) is 7.08. The molecule has 0 radical (unpaired) electrons. The summed E-state index contributed by atoms with van der Waals surface area (Å²) >= 11 is 1.42. The van der Waals surface area contributed by atoms with Crippen LogP contribution in [-0.4, -0.2) is 47.7 Å². The fourth-order valence-electron chi connectivity index (χ4n) is 1.82. The molecule has 0 amide bonds. The van der Waals surface area contributed by atoms with Crippen LogP contribution in [0.1, 0.15) is 6.42 Å². The van der Waals surface area contributed by atoms with Crippen LogP contribution in [0.3, 0.4) is 0 Å². The van der Waals surface area contributed by atoms with E-state index in [1.54, 1.807) is 0 Å². The second kappa shape index (κ2) is 3.11. The van der Waals surface area contributed by atoms with Crippen LogP contribution >= 0.6 is 11.8 Å². The Labute approximate surface area is 86.2 Å². The minimum absolute atomic E-state index is 0.0639. The number of carboxylic acids is 1. The Kier molecular flexibility index (Phi) is 2.28. The van der Waals surface area contributed by atoms with Gasteiger partial charge in [0.2, 0.25) is 0 Å². The highest BCUT2D eigenvalue weighted by Gasteiger charge is 2.49. The lowest BCUT2D eigenvalue weighted by molar-refractivity contribution is -0.138. The maximum atomic E-state index is 11.3. The predicted molar refractivity (Wildman–Crippen MR) is 53.0 cm³/mol. The minimum atomic E-state index is -2.96. The number of sulfone groups is 1. The number of hydrogen-bond acceptors (Lipinski definition) is 5. The fourth-order valence-corrected chi connectivity index (χ4v) is 5.75. The van der Waals surface area contributed by atoms with Gasteiger partial charge in [-0.1, -0.05) is 0 Å². The summed E-state index contributed by atoms with van der Waals surface area (Å²) in [6.07, 6.45) is 0.518. The molecule has 0 aliphatic carbocycles. The molecule has 2 unspecified atom stereocenters. The van der Waals surface area contributed by atoms with Crippen LogP contribution in [0.5, 0.6) is 0 Å². The van der Waals surface area contributed by atoms with Gasteiger partial charge in [0.1, 0.15) is 6.04 Å². The Morgan fingerprint density at radius 1 is 1.57 bits per heavy atom. The number of thioether (sulfide) groups is 1. The van der Waals surface area contributed by atoms with E-state index in [9.17, 15) is 13.2 Å². The highest BCUT2D eigenvalue weighted by atomic mass is 32.2. The van der Waals surface area contributed by atoms with Crippen molar-refractivity contribution in [2.45, 2.75) is 17.3 Å². The molecule has 2 atom stereocenters. The molecule has 7 heteroatoms. The summed E-state index contributed by atoms with van der Waals surface area (Å²) in [5.41, 5.74) is 0. The summed E-state index contributed by atoms with van der Waals surface area (Å²) in [6, 6.07) is -0.603. The zero-order valence-electron chi connectivity index (χ0n) is 7.39. The van der Waals surface area contributed by atoms with Crippen molar-refractivity contribution in [2.75, 3.05) is 17.3 Å². The first-order chi connectivity index (χ1) is 6.43. The van der Waals surface area contributed by atoms with Gasteiger partial charge in [0.25, 0.3) is 0 Å². The molecule has 2 saturated heterocycles. The maximum Gasteiger partial charge on any atom is 0.321 e. The number of rotatable bonds is 1. The molecule has 2 fully saturated rings. The van der Waals surface area contributed by atoms with E-state index in [0.29, 0.717) is 12.2 Å². The molecule has 0 saturated carbocycles. The first-order valence-electron chi connectivity index (χ1n) is 4.27. The molecule has 0 aromatic carbocycles. The van der Waals surface area contributed by atoms with E-state index < -0.39 is 26.7 Å². The van der Waals surface area contributed by atoms with Gasteiger partial charge in [0.15, 0.2) is 9.84 Å². The standard InChI is InChI=1S/C7H11NO4S2/c9-6(10)5-3-13-7(8-5)1-2-14(11,12)4-7/h5,8H,1-4H2,(H,9,10). The Bertz CT molecular complexity index is 366. The predicted octanol–water partition coefficient (Wildman–Crippen LogP) is -0.709. The van der Waals surface area contributed by atoms with Gasteiger partial charge in [0.05, 0.1) is 16.4 Å². The highest BCUT2D eigenvalue weighted by Crippen LogP contribution is 2.39. The van der Waals surface area contributed by atoms with Crippen LogP contribution in [0, 0.1) is 0 Å². The topological polar surface area (TPSA) is 83.5 Å². The monoisotopic (exact) mass is 237 g/mol. The van der Waals surface area contributed by atoms with Gasteiger partial charge in [-0.2, -0.15) is 0 Å². The molecule has 5 nitrogen and oxygen atoms in total. The zero-order valence-corrected chi connectivity index (χ0v) is 9.03. The number of nitrogens with one attached hydrogen (secondary N) is 1. The number of aliphatic carboxylic acids is 1. The van der Waals surface area contributed by atoms with E-state index in [1.165, 1.54) is 11.8 Å². The molecule has 0 bridgehead atoms. The van der Waals surface area contributed by atoms with Gasteiger partial charge in [0, 0.05) is 5.75 Å². The lowest BCUT2D eigenvalue weighted by atomic mass is 10.2. The van der Waals surface area contributed by atoms with Crippen LogP contribution in [0.25, 0.3) is 0 Å². The average molecular weight is 237 g/mol. The summed E-state index contributed by atoms with van der Waals surface area (Å²) in [5.74, 6) is -0.225. The lowest BCUT2D eigenvalue weighted by Crippen LogP contribution is -2.45. The lowest BCUT2D eigenvalue weighted by Gasteiger charge is -2.20. The van der Waals surface area contributed by atoms with Crippen molar-refractivity contribution in [3.8, 4) is 0 Å². The second-order valence-electron chi connectivity index (χ2n) is 3.68. The second-order valence-corrected chi connectivity index (χ2v) is 7.27. The Hall–Kier alpha value is -0.270. The third-order valence-corrected chi connectivity index (χ3v) is 5.99. The molecule has 2 aliphatic heterocycles. The summed E-state index contributed by atoms with van der Waals surface area (Å²) in [5, 5.41) is 11.7. The molecule has 14 heavy (non-hydrogen) atoms. The normalized spacial score (nSPS) is 40.4. The third-order valence-electron chi connectivity index (χ3n) is 2.53. The Morgan fingerprint density at radius 2 is 2.29 bits per heavy atom. The largest absolute Gasteiger partial charge is 0.480 e. The fraction of sp³-hybridized carbons (Fsp3) is 0.857. The van der Waals surface area contributed by atoms with E-state index in [1.807, 2.05) is 0 Å². The number of hydrogen-bond donors (Lipinski definition) is 2. The minimum Gasteiger partial charge on any atom is -0.480 e. The van der Waals surface area contributed by atoms with Crippen LogP contribution in [0.2, 0.25) is 0 Å². The number of carbonyl (C=O) groups is 1. The van der Waals surface area contributed by atoms with Gasteiger partial charge in [-0.25, -0.2) is 8.42 Å². The summed E-state index contributed by atoms with van der Waals surface area (Å²) < 4.78 is 22.5. The van der Waals surface area contributed by atoms with Crippen LogP contribution < -0.4 is 5.32 Å². The molecule has 80 valence electrons. The van der Waals surface area contributed by atoms with E-state index in [0.717, 1.165) is 0 Å². The summed E-state index contributed by atoms with van der Waals surface area (Å²) in [7, 11) is -2.96. The van der Waals surface area contributed by atoms with Crippen molar-refractivity contribution >= 4 is 27.6 Å². The molecule has 0 aromatic rings. The molecular weight excluding hydrogens is 226 g/mol. The van der Waals surface area contributed by atoms with Crippen molar-refractivity contribution in [2.24, 2.45) is 0 Å². The molecule has 0 aromatic heterocycles. The molecular formula is C7H11NO4S2. The zero-order chi connectivity index (χ0) is 10.4. The van der Waals surface area contributed by atoms with Crippen LogP contribution in [0.4, 0.5) is 0 Å². The van der Waals surface area contributed by atoms with Gasteiger partial charge in [-0.15, -0.1) is 11.8 Å². The highest BCUT2D eigenvalue weighted by molar-refractivity contribution is 8.02. The van der Waals surface area contributed by atoms with E-state index in [-0.39, 0.29) is 11.5 Å². The quantitative estimate of drug-likeness (QED) is 0.627. The van der Waals surface area contributed by atoms with Gasteiger partial charge < -0.3 is 5.11 Å². The van der Waals surface area contributed by atoms with Gasteiger partial charge in [-0.05, 0) is 6.42 Å². The molecule has 2 heterocycles. The molecule has 2 rings (SSSR count). The van der Waals surface area contributed by atoms with Crippen molar-refractivity contribution < 1.29 is 18.3 Å². The SMILES string of the molecule is O=C(O)C1CSC2(CCS(=O)(=O)C2)N1. The maximum absolute atomic E-state index is 11.3.